The fourth-order valence-corrected chi connectivity index (χ4v) is 4.50. The fourth-order valence-electron chi connectivity index (χ4n) is 4.50. The summed E-state index contributed by atoms with van der Waals surface area (Å²) in [6.45, 7) is 6.95. The molecule has 27 heavy (non-hydrogen) atoms. The van der Waals surface area contributed by atoms with Crippen LogP contribution in [0.4, 0.5) is 0 Å². The summed E-state index contributed by atoms with van der Waals surface area (Å²) < 4.78 is 11.2. The van der Waals surface area contributed by atoms with Gasteiger partial charge in [-0.15, -0.1) is 0 Å². The lowest BCUT2D eigenvalue weighted by atomic mass is 9.76. The molecule has 1 unspecified atom stereocenters. The maximum Gasteiger partial charge on any atom is 0.312 e. The Hall–Kier alpha value is -1.94. The smallest absolute Gasteiger partial charge is 0.312 e. The molecule has 0 N–H and O–H groups in total. The van der Waals surface area contributed by atoms with Gasteiger partial charge in [0.15, 0.2) is 0 Å². The number of nitriles is 1. The molecule has 1 aromatic carbocycles. The van der Waals surface area contributed by atoms with Gasteiger partial charge in [0.2, 0.25) is 0 Å². The van der Waals surface area contributed by atoms with E-state index in [0.29, 0.717) is 5.56 Å². The Bertz CT molecular complexity index is 698. The van der Waals surface area contributed by atoms with Crippen molar-refractivity contribution in [3.63, 3.8) is 0 Å². The minimum absolute atomic E-state index is 0.0128. The van der Waals surface area contributed by atoms with Crippen molar-refractivity contribution in [2.24, 2.45) is 5.41 Å². The second kappa shape index (κ2) is 7.97. The number of rotatable bonds is 4. The van der Waals surface area contributed by atoms with Gasteiger partial charge >= 0.3 is 5.97 Å². The average molecular weight is 369 g/mol. The number of morpholine rings is 1. The molecule has 1 atom stereocenters. The number of ether oxygens (including phenoxy) is 2. The Morgan fingerprint density at radius 2 is 1.78 bits per heavy atom. The monoisotopic (exact) mass is 369 g/mol. The minimum atomic E-state index is -0.280. The third-order valence-corrected chi connectivity index (χ3v) is 6.19. The molecule has 6 nitrogen and oxygen atoms in total. The highest BCUT2D eigenvalue weighted by Gasteiger charge is 2.50. The third-order valence-electron chi connectivity index (χ3n) is 6.19. The minimum Gasteiger partial charge on any atom is -0.461 e. The second-order valence-corrected chi connectivity index (χ2v) is 8.01. The molecule has 0 saturated carbocycles. The summed E-state index contributed by atoms with van der Waals surface area (Å²) in [5, 5.41) is 8.90. The third kappa shape index (κ3) is 4.16. The quantitative estimate of drug-likeness (QED) is 0.754. The summed E-state index contributed by atoms with van der Waals surface area (Å²) in [4.78, 5) is 17.4. The summed E-state index contributed by atoms with van der Waals surface area (Å²) >= 11 is 0. The van der Waals surface area contributed by atoms with Crippen LogP contribution in [-0.4, -0.2) is 67.8 Å². The van der Waals surface area contributed by atoms with Crippen molar-refractivity contribution in [3.8, 4) is 6.07 Å². The normalized spacial score (nSPS) is 26.0. The molecule has 3 aliphatic rings. The van der Waals surface area contributed by atoms with Gasteiger partial charge < -0.3 is 9.47 Å². The van der Waals surface area contributed by atoms with Crippen LogP contribution in [0.1, 0.15) is 30.4 Å². The van der Waals surface area contributed by atoms with Crippen molar-refractivity contribution in [2.75, 3.05) is 45.9 Å². The van der Waals surface area contributed by atoms with Gasteiger partial charge in [-0.3, -0.25) is 14.6 Å². The van der Waals surface area contributed by atoms with Gasteiger partial charge in [0, 0.05) is 32.6 Å². The zero-order valence-electron chi connectivity index (χ0n) is 15.7. The summed E-state index contributed by atoms with van der Waals surface area (Å²) in [7, 11) is 0. The van der Waals surface area contributed by atoms with Gasteiger partial charge in [-0.1, -0.05) is 12.1 Å². The summed E-state index contributed by atoms with van der Waals surface area (Å²) in [5.74, 6) is 0.0128. The van der Waals surface area contributed by atoms with E-state index in [1.807, 2.05) is 24.3 Å². The van der Waals surface area contributed by atoms with E-state index in [4.69, 9.17) is 14.7 Å². The Labute approximate surface area is 160 Å². The molecule has 1 spiro atoms. The van der Waals surface area contributed by atoms with E-state index in [2.05, 4.69) is 15.9 Å². The van der Waals surface area contributed by atoms with E-state index >= 15 is 0 Å². The maximum absolute atomic E-state index is 12.6. The van der Waals surface area contributed by atoms with Crippen molar-refractivity contribution < 1.29 is 14.3 Å². The van der Waals surface area contributed by atoms with Crippen LogP contribution >= 0.6 is 0 Å². The van der Waals surface area contributed by atoms with Gasteiger partial charge in [-0.2, -0.15) is 5.26 Å². The van der Waals surface area contributed by atoms with Crippen LogP contribution in [0.25, 0.3) is 0 Å². The maximum atomic E-state index is 12.6. The Morgan fingerprint density at radius 3 is 2.44 bits per heavy atom. The SMILES string of the molecule is N#Cc1ccc(CN2CCC3(CC2)CC(CN2CCOCC2)OC3=O)cc1. The molecular weight excluding hydrogens is 342 g/mol. The molecule has 6 heteroatoms. The lowest BCUT2D eigenvalue weighted by Gasteiger charge is -2.36. The molecule has 3 heterocycles. The van der Waals surface area contributed by atoms with E-state index in [1.54, 1.807) is 0 Å². The summed E-state index contributed by atoms with van der Waals surface area (Å²) in [6, 6.07) is 9.92. The van der Waals surface area contributed by atoms with Crippen molar-refractivity contribution in [1.29, 1.82) is 5.26 Å². The Balaban J connectivity index is 1.29. The predicted molar refractivity (Wildman–Crippen MR) is 99.9 cm³/mol. The molecule has 144 valence electrons. The molecule has 0 bridgehead atoms. The van der Waals surface area contributed by atoms with Crippen LogP contribution in [0.15, 0.2) is 24.3 Å². The number of likely N-dealkylation sites (tertiary alicyclic amines) is 1. The number of hydrogen-bond acceptors (Lipinski definition) is 6. The standard InChI is InChI=1S/C21H27N3O3/c22-14-17-1-3-18(4-2-17)15-23-7-5-21(6-8-23)13-19(27-20(21)25)16-24-9-11-26-12-10-24/h1-4,19H,5-13,15-16H2. The van der Waals surface area contributed by atoms with Crippen molar-refractivity contribution in [3.05, 3.63) is 35.4 Å². The zero-order chi connectivity index (χ0) is 18.7. The Kier molecular flexibility index (Phi) is 5.44. The Morgan fingerprint density at radius 1 is 1.07 bits per heavy atom. The number of nitrogens with zero attached hydrogens (tertiary/aromatic N) is 3. The zero-order valence-corrected chi connectivity index (χ0v) is 15.7. The molecule has 3 saturated heterocycles. The molecular formula is C21H27N3O3. The van der Waals surface area contributed by atoms with Gasteiger partial charge in [-0.25, -0.2) is 0 Å². The fraction of sp³-hybridized carbons (Fsp3) is 0.619. The van der Waals surface area contributed by atoms with Crippen LogP contribution in [0.2, 0.25) is 0 Å². The van der Waals surface area contributed by atoms with Gasteiger partial charge in [0.1, 0.15) is 6.10 Å². The molecule has 1 aromatic rings. The highest BCUT2D eigenvalue weighted by molar-refractivity contribution is 5.79. The number of hydrogen-bond donors (Lipinski definition) is 0. The molecule has 0 aromatic heterocycles. The molecule has 3 aliphatic heterocycles. The first-order valence-electron chi connectivity index (χ1n) is 9.89. The van der Waals surface area contributed by atoms with Gasteiger partial charge in [0.25, 0.3) is 0 Å². The van der Waals surface area contributed by atoms with Crippen LogP contribution in [0.3, 0.4) is 0 Å². The van der Waals surface area contributed by atoms with E-state index in [9.17, 15) is 4.79 Å². The molecule has 3 fully saturated rings. The first kappa shape index (κ1) is 18.4. The number of carbonyl (C=O) groups excluding carboxylic acids is 1. The van der Waals surface area contributed by atoms with Crippen LogP contribution in [0.5, 0.6) is 0 Å². The summed E-state index contributed by atoms with van der Waals surface area (Å²) in [6.07, 6.45) is 2.64. The lowest BCUT2D eigenvalue weighted by Crippen LogP contribution is -2.43. The van der Waals surface area contributed by atoms with Gasteiger partial charge in [-0.05, 0) is 43.6 Å². The molecule has 4 rings (SSSR count). The first-order valence-corrected chi connectivity index (χ1v) is 9.89. The first-order chi connectivity index (χ1) is 13.2. The topological polar surface area (TPSA) is 65.8 Å². The van der Waals surface area contributed by atoms with Crippen LogP contribution in [-0.2, 0) is 20.8 Å². The van der Waals surface area contributed by atoms with E-state index in [1.165, 1.54) is 5.56 Å². The number of benzene rings is 1. The van der Waals surface area contributed by atoms with E-state index in [0.717, 1.165) is 71.7 Å². The lowest BCUT2D eigenvalue weighted by molar-refractivity contribution is -0.151. The molecule has 0 amide bonds. The number of carbonyl (C=O) groups is 1. The number of piperidine rings is 1. The number of esters is 1. The van der Waals surface area contributed by atoms with Crippen LogP contribution < -0.4 is 0 Å². The average Bonchev–Trinajstić information content (AvgIpc) is 3.00. The van der Waals surface area contributed by atoms with E-state index < -0.39 is 0 Å². The van der Waals surface area contributed by atoms with E-state index in [-0.39, 0.29) is 17.5 Å². The summed E-state index contributed by atoms with van der Waals surface area (Å²) in [5.41, 5.74) is 1.62. The highest BCUT2D eigenvalue weighted by atomic mass is 16.6. The van der Waals surface area contributed by atoms with Crippen molar-refractivity contribution in [1.82, 2.24) is 9.80 Å². The molecule has 0 radical (unpaired) electrons. The largest absolute Gasteiger partial charge is 0.461 e. The van der Waals surface area contributed by atoms with Gasteiger partial charge in [0.05, 0.1) is 30.3 Å². The predicted octanol–water partition coefficient (Wildman–Crippen LogP) is 1.79. The van der Waals surface area contributed by atoms with Crippen LogP contribution in [0, 0.1) is 16.7 Å². The molecule has 0 aliphatic carbocycles. The van der Waals surface area contributed by atoms with Crippen molar-refractivity contribution >= 4 is 5.97 Å². The number of cyclic esters (lactones) is 1. The second-order valence-electron chi connectivity index (χ2n) is 8.01. The highest BCUT2D eigenvalue weighted by Crippen LogP contribution is 2.43. The van der Waals surface area contributed by atoms with Crippen molar-refractivity contribution in [2.45, 2.75) is 31.9 Å².